The van der Waals surface area contributed by atoms with E-state index in [2.05, 4.69) is 30.5 Å². The third-order valence-electron chi connectivity index (χ3n) is 4.16. The summed E-state index contributed by atoms with van der Waals surface area (Å²) in [7, 11) is 1.64. The molecule has 0 saturated heterocycles. The maximum absolute atomic E-state index is 8.58. The SMILES string of the molecule is COc1ccccc1OCCn1c(=N)n(CC(C)C)c2ccccc21. The predicted octanol–water partition coefficient (Wildman–Crippen LogP) is 3.67. The van der Waals surface area contributed by atoms with Gasteiger partial charge >= 0.3 is 0 Å². The zero-order valence-electron chi connectivity index (χ0n) is 15.0. The van der Waals surface area contributed by atoms with E-state index < -0.39 is 0 Å². The average Bonchev–Trinajstić information content (AvgIpc) is 2.87. The summed E-state index contributed by atoms with van der Waals surface area (Å²) in [6.07, 6.45) is 0. The van der Waals surface area contributed by atoms with Crippen molar-refractivity contribution in [1.29, 1.82) is 5.41 Å². The average molecular weight is 339 g/mol. The summed E-state index contributed by atoms with van der Waals surface area (Å²) in [5.41, 5.74) is 2.67. The molecule has 3 aromatic rings. The van der Waals surface area contributed by atoms with Gasteiger partial charge in [-0.05, 0) is 30.2 Å². The van der Waals surface area contributed by atoms with E-state index in [0.29, 0.717) is 24.7 Å². The largest absolute Gasteiger partial charge is 0.493 e. The van der Waals surface area contributed by atoms with Crippen LogP contribution in [-0.4, -0.2) is 22.9 Å². The van der Waals surface area contributed by atoms with E-state index in [-0.39, 0.29) is 0 Å². The van der Waals surface area contributed by atoms with E-state index in [1.807, 2.05) is 41.0 Å². The van der Waals surface area contributed by atoms with Crippen LogP contribution in [0.3, 0.4) is 0 Å². The Kier molecular flexibility index (Phi) is 5.12. The van der Waals surface area contributed by atoms with Crippen LogP contribution in [0, 0.1) is 11.3 Å². The van der Waals surface area contributed by atoms with Crippen molar-refractivity contribution < 1.29 is 9.47 Å². The minimum atomic E-state index is 0.479. The van der Waals surface area contributed by atoms with E-state index >= 15 is 0 Å². The number of imidazole rings is 1. The van der Waals surface area contributed by atoms with E-state index in [1.54, 1.807) is 7.11 Å². The van der Waals surface area contributed by atoms with Gasteiger partial charge in [-0.15, -0.1) is 0 Å². The van der Waals surface area contributed by atoms with Gasteiger partial charge in [0.1, 0.15) is 6.61 Å². The molecule has 0 atom stereocenters. The number of hydrogen-bond acceptors (Lipinski definition) is 3. The fourth-order valence-corrected chi connectivity index (χ4v) is 3.06. The zero-order chi connectivity index (χ0) is 17.8. The molecule has 0 aliphatic rings. The first kappa shape index (κ1) is 17.1. The smallest absolute Gasteiger partial charge is 0.203 e. The first-order chi connectivity index (χ1) is 12.1. The van der Waals surface area contributed by atoms with Crippen LogP contribution in [0.15, 0.2) is 48.5 Å². The Labute approximate surface area is 147 Å². The third kappa shape index (κ3) is 3.55. The predicted molar refractivity (Wildman–Crippen MR) is 99.1 cm³/mol. The second-order valence-electron chi connectivity index (χ2n) is 6.47. The monoisotopic (exact) mass is 339 g/mol. The molecule has 0 fully saturated rings. The maximum Gasteiger partial charge on any atom is 0.203 e. The topological polar surface area (TPSA) is 52.2 Å². The Bertz CT molecular complexity index is 909. The van der Waals surface area contributed by atoms with Crippen molar-refractivity contribution in [1.82, 2.24) is 9.13 Å². The molecule has 0 radical (unpaired) electrons. The van der Waals surface area contributed by atoms with Gasteiger partial charge in [0.2, 0.25) is 5.62 Å². The first-order valence-corrected chi connectivity index (χ1v) is 8.60. The van der Waals surface area contributed by atoms with Crippen LogP contribution < -0.4 is 15.1 Å². The van der Waals surface area contributed by atoms with Crippen molar-refractivity contribution in [2.75, 3.05) is 13.7 Å². The maximum atomic E-state index is 8.58. The molecule has 0 saturated carbocycles. The molecule has 132 valence electrons. The molecule has 0 aliphatic carbocycles. The highest BCUT2D eigenvalue weighted by Gasteiger charge is 2.11. The lowest BCUT2D eigenvalue weighted by Crippen LogP contribution is -2.27. The minimum absolute atomic E-state index is 0.479. The highest BCUT2D eigenvalue weighted by molar-refractivity contribution is 5.75. The second-order valence-corrected chi connectivity index (χ2v) is 6.47. The van der Waals surface area contributed by atoms with Gasteiger partial charge in [0.25, 0.3) is 0 Å². The molecule has 0 unspecified atom stereocenters. The van der Waals surface area contributed by atoms with Gasteiger partial charge in [0.15, 0.2) is 11.5 Å². The number of fused-ring (bicyclic) bond motifs is 1. The molecule has 3 rings (SSSR count). The summed E-state index contributed by atoms with van der Waals surface area (Å²) in [4.78, 5) is 0. The van der Waals surface area contributed by atoms with Gasteiger partial charge in [-0.3, -0.25) is 5.41 Å². The lowest BCUT2D eigenvalue weighted by molar-refractivity contribution is 0.278. The van der Waals surface area contributed by atoms with Crippen molar-refractivity contribution in [3.63, 3.8) is 0 Å². The van der Waals surface area contributed by atoms with E-state index in [9.17, 15) is 0 Å². The van der Waals surface area contributed by atoms with Crippen LogP contribution in [0.2, 0.25) is 0 Å². The summed E-state index contributed by atoms with van der Waals surface area (Å²) < 4.78 is 15.3. The number of rotatable bonds is 7. The van der Waals surface area contributed by atoms with E-state index in [4.69, 9.17) is 14.9 Å². The van der Waals surface area contributed by atoms with Crippen LogP contribution in [0.25, 0.3) is 11.0 Å². The number of nitrogens with one attached hydrogen (secondary N) is 1. The zero-order valence-corrected chi connectivity index (χ0v) is 15.0. The van der Waals surface area contributed by atoms with Crippen LogP contribution in [0.1, 0.15) is 13.8 Å². The lowest BCUT2D eigenvalue weighted by Gasteiger charge is -2.11. The Morgan fingerprint density at radius 1 is 0.920 bits per heavy atom. The van der Waals surface area contributed by atoms with Crippen molar-refractivity contribution in [2.24, 2.45) is 5.92 Å². The number of nitrogens with zero attached hydrogens (tertiary/aromatic N) is 2. The van der Waals surface area contributed by atoms with Gasteiger partial charge in [-0.25, -0.2) is 0 Å². The van der Waals surface area contributed by atoms with Crippen molar-refractivity contribution >= 4 is 11.0 Å². The fourth-order valence-electron chi connectivity index (χ4n) is 3.06. The molecule has 1 N–H and O–H groups in total. The summed E-state index contributed by atoms with van der Waals surface area (Å²) in [6, 6.07) is 15.8. The number of para-hydroxylation sites is 4. The second kappa shape index (κ2) is 7.47. The highest BCUT2D eigenvalue weighted by atomic mass is 16.5. The quantitative estimate of drug-likeness (QED) is 0.714. The fraction of sp³-hybridized carbons (Fsp3) is 0.350. The molecule has 1 aromatic heterocycles. The van der Waals surface area contributed by atoms with Gasteiger partial charge in [0, 0.05) is 6.54 Å². The molecule has 0 aliphatic heterocycles. The van der Waals surface area contributed by atoms with Crippen molar-refractivity contribution in [2.45, 2.75) is 26.9 Å². The van der Waals surface area contributed by atoms with Crippen LogP contribution in [0.5, 0.6) is 11.5 Å². The summed E-state index contributed by atoms with van der Waals surface area (Å²) in [5.74, 6) is 1.93. The molecule has 2 aromatic carbocycles. The number of ether oxygens (including phenoxy) is 2. The number of hydrogen-bond donors (Lipinski definition) is 1. The van der Waals surface area contributed by atoms with Crippen LogP contribution in [0.4, 0.5) is 0 Å². The number of benzene rings is 2. The van der Waals surface area contributed by atoms with Gasteiger partial charge in [-0.1, -0.05) is 38.1 Å². The molecule has 0 bridgehead atoms. The summed E-state index contributed by atoms with van der Waals surface area (Å²) in [5, 5.41) is 8.58. The molecule has 25 heavy (non-hydrogen) atoms. The standard InChI is InChI=1S/C20H25N3O2/c1-15(2)14-23-17-9-5-4-8-16(17)22(20(23)21)12-13-25-19-11-7-6-10-18(19)24-3/h4-11,15,21H,12-14H2,1-3H3. The minimum Gasteiger partial charge on any atom is -0.493 e. The van der Waals surface area contributed by atoms with Crippen LogP contribution >= 0.6 is 0 Å². The molecule has 1 heterocycles. The van der Waals surface area contributed by atoms with E-state index in [1.165, 1.54) is 0 Å². The molecule has 5 heteroatoms. The lowest BCUT2D eigenvalue weighted by atomic mass is 10.2. The molecule has 5 nitrogen and oxygen atoms in total. The van der Waals surface area contributed by atoms with Gasteiger partial charge in [0.05, 0.1) is 24.7 Å². The van der Waals surface area contributed by atoms with Crippen molar-refractivity contribution in [3.8, 4) is 11.5 Å². The van der Waals surface area contributed by atoms with Crippen molar-refractivity contribution in [3.05, 3.63) is 54.1 Å². The molecular weight excluding hydrogens is 314 g/mol. The Morgan fingerprint density at radius 3 is 2.16 bits per heavy atom. The summed E-state index contributed by atoms with van der Waals surface area (Å²) >= 11 is 0. The third-order valence-corrected chi connectivity index (χ3v) is 4.16. The Hall–Kier alpha value is -2.69. The number of methoxy groups -OCH3 is 1. The Balaban J connectivity index is 1.84. The first-order valence-electron chi connectivity index (χ1n) is 8.60. The molecule has 0 amide bonds. The normalized spacial score (nSPS) is 11.2. The molecule has 0 spiro atoms. The van der Waals surface area contributed by atoms with Gasteiger partial charge in [-0.2, -0.15) is 0 Å². The molecular formula is C20H25N3O2. The summed E-state index contributed by atoms with van der Waals surface area (Å²) in [6.45, 7) is 6.27. The van der Waals surface area contributed by atoms with Gasteiger partial charge < -0.3 is 18.6 Å². The van der Waals surface area contributed by atoms with Crippen LogP contribution in [-0.2, 0) is 13.1 Å². The Morgan fingerprint density at radius 2 is 1.52 bits per heavy atom. The highest BCUT2D eigenvalue weighted by Crippen LogP contribution is 2.25. The number of aromatic nitrogens is 2. The van der Waals surface area contributed by atoms with E-state index in [0.717, 1.165) is 29.1 Å².